The van der Waals surface area contributed by atoms with Gasteiger partial charge in [0, 0.05) is 28.9 Å². The first-order valence-electron chi connectivity index (χ1n) is 7.57. The lowest BCUT2D eigenvalue weighted by molar-refractivity contribution is -0.123. The van der Waals surface area contributed by atoms with E-state index in [0.29, 0.717) is 24.8 Å². The number of hydrogen-bond donors (Lipinski definition) is 1. The fraction of sp³-hybridized carbons (Fsp3) is 0.333. The molecule has 1 heterocycles. The molecular formula is C18H18O4S. The van der Waals surface area contributed by atoms with Crippen LogP contribution in [0.1, 0.15) is 48.4 Å². The third-order valence-corrected chi connectivity index (χ3v) is 4.86. The number of Topliss-reactive ketones (excluding diaryl/α,β-unsaturated/α-hetero) is 2. The van der Waals surface area contributed by atoms with Crippen molar-refractivity contribution in [3.8, 4) is 5.75 Å². The summed E-state index contributed by atoms with van der Waals surface area (Å²) in [5.41, 5.74) is 3.03. The number of ketones is 2. The lowest BCUT2D eigenvalue weighted by Gasteiger charge is -2.21. The molecule has 0 atom stereocenters. The zero-order valence-electron chi connectivity index (χ0n) is 13.4. The number of fused-ring (bicyclic) bond motifs is 1. The first-order valence-corrected chi connectivity index (χ1v) is 8.31. The summed E-state index contributed by atoms with van der Waals surface area (Å²) in [4.78, 5) is 25.2. The minimum absolute atomic E-state index is 0.0505. The van der Waals surface area contributed by atoms with E-state index < -0.39 is 0 Å². The number of carbonyl (C=O) groups excluding carboxylic acids is 2. The zero-order valence-corrected chi connectivity index (χ0v) is 14.2. The van der Waals surface area contributed by atoms with Crippen molar-refractivity contribution in [2.24, 2.45) is 0 Å². The number of hydrogen-bond acceptors (Lipinski definition) is 5. The van der Waals surface area contributed by atoms with Crippen molar-refractivity contribution in [2.45, 2.75) is 40.0 Å². The molecule has 1 aliphatic heterocycles. The second-order valence-electron chi connectivity index (χ2n) is 5.95. The summed E-state index contributed by atoms with van der Waals surface area (Å²) in [5.74, 6) is 0.0208. The van der Waals surface area contributed by atoms with E-state index in [1.807, 2.05) is 26.8 Å². The Bertz CT molecular complexity index is 769. The summed E-state index contributed by atoms with van der Waals surface area (Å²) >= 11 is 1.31. The van der Waals surface area contributed by atoms with Gasteiger partial charge in [-0.25, -0.2) is 0 Å². The number of rotatable bonds is 1. The molecule has 0 amide bonds. The Labute approximate surface area is 139 Å². The summed E-state index contributed by atoms with van der Waals surface area (Å²) in [5, 5.41) is 10.6. The van der Waals surface area contributed by atoms with Gasteiger partial charge in [-0.3, -0.25) is 9.59 Å². The summed E-state index contributed by atoms with van der Waals surface area (Å²) in [6, 6.07) is 1.78. The second kappa shape index (κ2) is 5.89. The first-order chi connectivity index (χ1) is 10.9. The van der Waals surface area contributed by atoms with Crippen molar-refractivity contribution in [1.82, 2.24) is 0 Å². The summed E-state index contributed by atoms with van der Waals surface area (Å²) in [7, 11) is 0. The van der Waals surface area contributed by atoms with Gasteiger partial charge >= 0.3 is 0 Å². The molecule has 120 valence electrons. The molecule has 0 spiro atoms. The average molecular weight is 330 g/mol. The van der Waals surface area contributed by atoms with Gasteiger partial charge in [0.25, 0.3) is 0 Å². The summed E-state index contributed by atoms with van der Waals surface area (Å²) in [6.45, 7) is 5.70. The van der Waals surface area contributed by atoms with Crippen molar-refractivity contribution in [3.63, 3.8) is 0 Å². The molecule has 1 aromatic rings. The van der Waals surface area contributed by atoms with E-state index in [1.54, 1.807) is 6.07 Å². The van der Waals surface area contributed by atoms with Crippen molar-refractivity contribution in [2.75, 3.05) is 0 Å². The highest BCUT2D eigenvalue weighted by Gasteiger charge is 2.29. The van der Waals surface area contributed by atoms with E-state index in [1.165, 1.54) is 12.0 Å². The Kier molecular flexibility index (Phi) is 4.06. The van der Waals surface area contributed by atoms with Gasteiger partial charge in [0.2, 0.25) is 0 Å². The molecule has 1 saturated carbocycles. The Hall–Kier alpha value is -2.01. The number of aliphatic hydroxyl groups excluding tert-OH is 1. The molecule has 0 bridgehead atoms. The predicted molar refractivity (Wildman–Crippen MR) is 91.2 cm³/mol. The molecule has 1 aromatic carbocycles. The molecule has 5 heteroatoms. The quantitative estimate of drug-likeness (QED) is 0.360. The van der Waals surface area contributed by atoms with E-state index in [4.69, 9.17) is 4.18 Å². The van der Waals surface area contributed by atoms with Gasteiger partial charge < -0.3 is 9.29 Å². The third kappa shape index (κ3) is 2.70. The van der Waals surface area contributed by atoms with Crippen molar-refractivity contribution < 1.29 is 18.9 Å². The van der Waals surface area contributed by atoms with Crippen LogP contribution in [0, 0.1) is 13.8 Å². The van der Waals surface area contributed by atoms with E-state index in [9.17, 15) is 14.7 Å². The van der Waals surface area contributed by atoms with Crippen LogP contribution in [0.25, 0.3) is 11.8 Å². The SMILES string of the molecule is CC1=Cc2c(C)c(C(O)=C3C(=O)CCCC3=O)cc(C)c2OS1. The number of aliphatic hydroxyl groups is 1. The highest BCUT2D eigenvalue weighted by molar-refractivity contribution is 7.99. The van der Waals surface area contributed by atoms with Crippen molar-refractivity contribution in [1.29, 1.82) is 0 Å². The van der Waals surface area contributed by atoms with E-state index >= 15 is 0 Å². The van der Waals surface area contributed by atoms with Gasteiger partial charge in [-0.05, 0) is 50.5 Å². The number of allylic oxidation sites excluding steroid dienone is 2. The molecular weight excluding hydrogens is 312 g/mol. The molecule has 2 aliphatic rings. The molecule has 0 saturated heterocycles. The fourth-order valence-corrected chi connectivity index (χ4v) is 3.60. The Morgan fingerprint density at radius 2 is 1.83 bits per heavy atom. The van der Waals surface area contributed by atoms with Gasteiger partial charge in [0.05, 0.1) is 12.0 Å². The number of aryl methyl sites for hydroxylation is 1. The highest BCUT2D eigenvalue weighted by atomic mass is 32.2. The van der Waals surface area contributed by atoms with Gasteiger partial charge in [-0.2, -0.15) is 0 Å². The molecule has 0 radical (unpaired) electrons. The Morgan fingerprint density at radius 1 is 1.17 bits per heavy atom. The normalized spacial score (nSPS) is 17.5. The predicted octanol–water partition coefficient (Wildman–Crippen LogP) is 4.30. The third-order valence-electron chi connectivity index (χ3n) is 4.23. The van der Waals surface area contributed by atoms with Crippen LogP contribution >= 0.6 is 12.0 Å². The van der Waals surface area contributed by atoms with Gasteiger partial charge in [0.1, 0.15) is 17.1 Å². The van der Waals surface area contributed by atoms with Crippen LogP contribution in [0.4, 0.5) is 0 Å². The zero-order chi connectivity index (χ0) is 16.7. The van der Waals surface area contributed by atoms with Crippen LogP contribution in [0.3, 0.4) is 0 Å². The van der Waals surface area contributed by atoms with E-state index in [2.05, 4.69) is 0 Å². The molecule has 1 fully saturated rings. The van der Waals surface area contributed by atoms with Gasteiger partial charge in [-0.1, -0.05) is 0 Å². The van der Waals surface area contributed by atoms with Crippen LogP contribution in [0.15, 0.2) is 16.5 Å². The number of benzene rings is 1. The lowest BCUT2D eigenvalue weighted by atomic mass is 9.87. The lowest BCUT2D eigenvalue weighted by Crippen LogP contribution is -2.20. The standard InChI is InChI=1S/C18H18O4S/c1-9-7-12(11(3)13-8-10(2)23-22-18(9)13)17(21)16-14(19)5-4-6-15(16)20/h7-8,21H,4-6H2,1-3H3. The molecule has 1 aliphatic carbocycles. The maximum atomic E-state index is 12.1. The van der Waals surface area contributed by atoms with Crippen molar-refractivity contribution >= 4 is 35.4 Å². The van der Waals surface area contributed by atoms with Crippen LogP contribution < -0.4 is 4.18 Å². The molecule has 0 aromatic heterocycles. The second-order valence-corrected chi connectivity index (χ2v) is 6.93. The molecule has 3 rings (SSSR count). The Balaban J connectivity index is 2.22. The average Bonchev–Trinajstić information content (AvgIpc) is 2.50. The van der Waals surface area contributed by atoms with Crippen LogP contribution in [0.5, 0.6) is 5.75 Å². The van der Waals surface area contributed by atoms with Crippen molar-refractivity contribution in [3.05, 3.63) is 38.8 Å². The minimum atomic E-state index is -0.271. The maximum absolute atomic E-state index is 12.1. The summed E-state index contributed by atoms with van der Waals surface area (Å²) < 4.78 is 5.69. The summed E-state index contributed by atoms with van der Waals surface area (Å²) in [6.07, 6.45) is 3.18. The first kappa shape index (κ1) is 15.9. The van der Waals surface area contributed by atoms with E-state index in [0.717, 1.165) is 27.3 Å². The number of carbonyl (C=O) groups is 2. The fourth-order valence-electron chi connectivity index (χ4n) is 3.00. The minimum Gasteiger partial charge on any atom is -0.506 e. The van der Waals surface area contributed by atoms with Crippen LogP contribution in [-0.2, 0) is 9.59 Å². The van der Waals surface area contributed by atoms with Gasteiger partial charge in [-0.15, -0.1) is 0 Å². The largest absolute Gasteiger partial charge is 0.506 e. The molecule has 1 N–H and O–H groups in total. The Morgan fingerprint density at radius 3 is 2.48 bits per heavy atom. The smallest absolute Gasteiger partial charge is 0.170 e. The topological polar surface area (TPSA) is 63.6 Å². The molecule has 4 nitrogen and oxygen atoms in total. The molecule has 23 heavy (non-hydrogen) atoms. The monoisotopic (exact) mass is 330 g/mol. The maximum Gasteiger partial charge on any atom is 0.170 e. The van der Waals surface area contributed by atoms with Gasteiger partial charge in [0.15, 0.2) is 11.6 Å². The highest BCUT2D eigenvalue weighted by Crippen LogP contribution is 2.41. The molecule has 0 unspecified atom stereocenters. The van der Waals surface area contributed by atoms with E-state index in [-0.39, 0.29) is 22.9 Å². The van der Waals surface area contributed by atoms with Crippen LogP contribution in [-0.4, -0.2) is 16.7 Å². The van der Waals surface area contributed by atoms with Crippen LogP contribution in [0.2, 0.25) is 0 Å².